The Kier molecular flexibility index (Phi) is 5.95. The fourth-order valence-corrected chi connectivity index (χ4v) is 2.57. The van der Waals surface area contributed by atoms with Crippen molar-refractivity contribution in [3.05, 3.63) is 66.0 Å². The molecule has 3 rings (SSSR count). The van der Waals surface area contributed by atoms with Crippen LogP contribution in [0.2, 0.25) is 0 Å². The number of ether oxygens (including phenoxy) is 2. The molecule has 0 aliphatic carbocycles. The van der Waals surface area contributed by atoms with Gasteiger partial charge in [-0.05, 0) is 35.0 Å². The lowest BCUT2D eigenvalue weighted by Crippen LogP contribution is -2.27. The monoisotopic (exact) mass is 381 g/mol. The predicted molar refractivity (Wildman–Crippen MR) is 99.5 cm³/mol. The zero-order chi connectivity index (χ0) is 19.9. The number of carbonyl (C=O) groups is 2. The second kappa shape index (κ2) is 8.76. The number of methoxy groups -OCH3 is 1. The van der Waals surface area contributed by atoms with Crippen LogP contribution in [0.5, 0.6) is 5.75 Å². The van der Waals surface area contributed by atoms with Crippen molar-refractivity contribution in [3.8, 4) is 5.75 Å². The molecule has 0 saturated carbocycles. The van der Waals surface area contributed by atoms with E-state index in [0.717, 1.165) is 5.56 Å². The van der Waals surface area contributed by atoms with Crippen LogP contribution in [-0.2, 0) is 20.9 Å². The summed E-state index contributed by atoms with van der Waals surface area (Å²) in [5, 5.41) is 13.3. The summed E-state index contributed by atoms with van der Waals surface area (Å²) >= 11 is 0. The van der Waals surface area contributed by atoms with E-state index in [1.165, 1.54) is 18.1 Å². The zero-order valence-electron chi connectivity index (χ0n) is 15.4. The van der Waals surface area contributed by atoms with E-state index in [1.807, 2.05) is 19.1 Å². The summed E-state index contributed by atoms with van der Waals surface area (Å²) < 4.78 is 11.9. The highest BCUT2D eigenvalue weighted by molar-refractivity contribution is 5.97. The molecule has 0 aliphatic heterocycles. The highest BCUT2D eigenvalue weighted by Crippen LogP contribution is 2.27. The predicted octanol–water partition coefficient (Wildman–Crippen LogP) is 1.91. The molecule has 0 radical (unpaired) electrons. The van der Waals surface area contributed by atoms with Gasteiger partial charge in [-0.3, -0.25) is 9.59 Å². The number of aryl methyl sites for hydroxylation is 1. The molecule has 144 valence electrons. The van der Waals surface area contributed by atoms with Gasteiger partial charge in [0.1, 0.15) is 18.6 Å². The largest absolute Gasteiger partial charge is 0.495 e. The van der Waals surface area contributed by atoms with E-state index in [9.17, 15) is 9.59 Å². The van der Waals surface area contributed by atoms with Gasteiger partial charge in [-0.25, -0.2) is 4.68 Å². The molecule has 1 amide bonds. The van der Waals surface area contributed by atoms with Crippen LogP contribution in [0.15, 0.2) is 54.9 Å². The van der Waals surface area contributed by atoms with Crippen molar-refractivity contribution < 1.29 is 19.1 Å². The summed E-state index contributed by atoms with van der Waals surface area (Å²) in [7, 11) is 1.52. The minimum atomic E-state index is -1.14. The molecule has 0 bridgehead atoms. The van der Waals surface area contributed by atoms with Gasteiger partial charge in [0, 0.05) is 5.56 Å². The van der Waals surface area contributed by atoms with Crippen molar-refractivity contribution in [1.82, 2.24) is 20.2 Å². The number of hydrogen-bond acceptors (Lipinski definition) is 7. The lowest BCUT2D eigenvalue weighted by atomic mass is 10.1. The number of benzene rings is 2. The van der Waals surface area contributed by atoms with Gasteiger partial charge < -0.3 is 14.8 Å². The number of esters is 1. The van der Waals surface area contributed by atoms with Crippen LogP contribution in [0.1, 0.15) is 17.2 Å². The Morgan fingerprint density at radius 3 is 2.64 bits per heavy atom. The molecule has 28 heavy (non-hydrogen) atoms. The van der Waals surface area contributed by atoms with Crippen LogP contribution in [-0.4, -0.2) is 39.2 Å². The topological polar surface area (TPSA) is 108 Å². The Morgan fingerprint density at radius 2 is 1.96 bits per heavy atom. The number of anilines is 1. The first kappa shape index (κ1) is 19.0. The summed E-state index contributed by atoms with van der Waals surface area (Å²) in [5.74, 6) is -0.640. The number of amides is 1. The smallest absolute Gasteiger partial charge is 0.329 e. The molecule has 1 N–H and O–H groups in total. The lowest BCUT2D eigenvalue weighted by molar-refractivity contribution is -0.155. The molecule has 1 aromatic heterocycles. The van der Waals surface area contributed by atoms with Crippen LogP contribution in [0.4, 0.5) is 5.69 Å². The van der Waals surface area contributed by atoms with E-state index in [4.69, 9.17) is 9.47 Å². The van der Waals surface area contributed by atoms with Crippen molar-refractivity contribution in [1.29, 1.82) is 0 Å². The molecular formula is C19H19N5O4. The summed E-state index contributed by atoms with van der Waals surface area (Å²) in [6, 6.07) is 14.2. The third kappa shape index (κ3) is 4.70. The molecule has 0 spiro atoms. The molecule has 1 atom stereocenters. The van der Waals surface area contributed by atoms with E-state index in [1.54, 1.807) is 36.4 Å². The normalized spacial score (nSPS) is 11.5. The average Bonchev–Trinajstić information content (AvgIpc) is 3.20. The van der Waals surface area contributed by atoms with Crippen LogP contribution >= 0.6 is 0 Å². The Balaban J connectivity index is 1.81. The van der Waals surface area contributed by atoms with Gasteiger partial charge in [0.15, 0.2) is 0 Å². The maximum atomic E-state index is 12.9. The van der Waals surface area contributed by atoms with Crippen molar-refractivity contribution in [2.45, 2.75) is 19.6 Å². The van der Waals surface area contributed by atoms with Gasteiger partial charge in [-0.1, -0.05) is 36.4 Å². The number of rotatable bonds is 7. The van der Waals surface area contributed by atoms with Crippen LogP contribution in [0.3, 0.4) is 0 Å². The second-order valence-electron chi connectivity index (χ2n) is 5.98. The second-order valence-corrected chi connectivity index (χ2v) is 5.98. The van der Waals surface area contributed by atoms with E-state index >= 15 is 0 Å². The standard InChI is InChI=1S/C19H19N5O4/c1-13-8-9-16(27-2)15(10-13)21-19(26)18(14-6-4-3-5-7-14)28-17(25)11-24-12-20-22-23-24/h3-10,12,18H,11H2,1-2H3,(H,21,26)/t18-/m0/s1. The average molecular weight is 381 g/mol. The van der Waals surface area contributed by atoms with E-state index in [0.29, 0.717) is 17.0 Å². The fourth-order valence-electron chi connectivity index (χ4n) is 2.57. The minimum Gasteiger partial charge on any atom is -0.495 e. The Morgan fingerprint density at radius 1 is 1.18 bits per heavy atom. The quantitative estimate of drug-likeness (QED) is 0.623. The Hall–Kier alpha value is -3.75. The SMILES string of the molecule is COc1ccc(C)cc1NC(=O)[C@@H](OC(=O)Cn1cnnn1)c1ccccc1. The van der Waals surface area contributed by atoms with Crippen molar-refractivity contribution in [2.24, 2.45) is 0 Å². The van der Waals surface area contributed by atoms with Gasteiger partial charge in [-0.2, -0.15) is 0 Å². The van der Waals surface area contributed by atoms with Crippen molar-refractivity contribution in [2.75, 3.05) is 12.4 Å². The van der Waals surface area contributed by atoms with E-state index in [-0.39, 0.29) is 6.54 Å². The summed E-state index contributed by atoms with van der Waals surface area (Å²) in [5.41, 5.74) is 1.98. The third-order valence-electron chi connectivity index (χ3n) is 3.89. The van der Waals surface area contributed by atoms with Crippen molar-refractivity contribution >= 4 is 17.6 Å². The lowest BCUT2D eigenvalue weighted by Gasteiger charge is -2.19. The summed E-state index contributed by atoms with van der Waals surface area (Å²) in [4.78, 5) is 25.2. The number of nitrogens with one attached hydrogen (secondary N) is 1. The molecule has 0 aliphatic rings. The molecule has 9 nitrogen and oxygen atoms in total. The third-order valence-corrected chi connectivity index (χ3v) is 3.89. The summed E-state index contributed by atoms with van der Waals surface area (Å²) in [6.07, 6.45) is 0.145. The molecular weight excluding hydrogens is 362 g/mol. The van der Waals surface area contributed by atoms with Crippen LogP contribution < -0.4 is 10.1 Å². The molecule has 0 saturated heterocycles. The van der Waals surface area contributed by atoms with Gasteiger partial charge in [0.2, 0.25) is 6.10 Å². The van der Waals surface area contributed by atoms with Gasteiger partial charge in [0.25, 0.3) is 5.91 Å². The first-order chi connectivity index (χ1) is 13.6. The number of nitrogens with zero attached hydrogens (tertiary/aromatic N) is 4. The first-order valence-corrected chi connectivity index (χ1v) is 8.47. The zero-order valence-corrected chi connectivity index (χ0v) is 15.4. The maximum Gasteiger partial charge on any atom is 0.329 e. The van der Waals surface area contributed by atoms with E-state index in [2.05, 4.69) is 20.8 Å². The van der Waals surface area contributed by atoms with Crippen LogP contribution in [0, 0.1) is 6.92 Å². The highest BCUT2D eigenvalue weighted by atomic mass is 16.5. The van der Waals surface area contributed by atoms with Crippen LogP contribution in [0.25, 0.3) is 0 Å². The van der Waals surface area contributed by atoms with E-state index < -0.39 is 18.0 Å². The Bertz CT molecular complexity index is 944. The summed E-state index contributed by atoms with van der Waals surface area (Å²) in [6.45, 7) is 1.69. The highest BCUT2D eigenvalue weighted by Gasteiger charge is 2.26. The molecule has 3 aromatic rings. The molecule has 0 unspecified atom stereocenters. The number of aromatic nitrogens is 4. The molecule has 1 heterocycles. The number of tetrazole rings is 1. The van der Waals surface area contributed by atoms with Gasteiger partial charge in [0.05, 0.1) is 12.8 Å². The molecule has 0 fully saturated rings. The van der Waals surface area contributed by atoms with Gasteiger partial charge >= 0.3 is 5.97 Å². The Labute approximate surface area is 161 Å². The number of carbonyl (C=O) groups excluding carboxylic acids is 2. The maximum absolute atomic E-state index is 12.9. The fraction of sp³-hybridized carbons (Fsp3) is 0.211. The molecule has 9 heteroatoms. The number of hydrogen-bond donors (Lipinski definition) is 1. The van der Waals surface area contributed by atoms with Crippen molar-refractivity contribution in [3.63, 3.8) is 0 Å². The molecule has 2 aromatic carbocycles. The van der Waals surface area contributed by atoms with Gasteiger partial charge in [-0.15, -0.1) is 5.10 Å². The minimum absolute atomic E-state index is 0.211. The first-order valence-electron chi connectivity index (χ1n) is 8.47.